The molecule has 0 unspecified atom stereocenters. The van der Waals surface area contributed by atoms with E-state index in [9.17, 15) is 9.18 Å². The second-order valence-corrected chi connectivity index (χ2v) is 6.80. The van der Waals surface area contributed by atoms with Gasteiger partial charge < -0.3 is 4.90 Å². The molecule has 0 aliphatic carbocycles. The maximum Gasteiger partial charge on any atom is 0.257 e. The molecule has 3 rings (SSSR count). The van der Waals surface area contributed by atoms with Crippen LogP contribution in [0.15, 0.2) is 48.8 Å². The van der Waals surface area contributed by atoms with Crippen LogP contribution in [0.25, 0.3) is 0 Å². The van der Waals surface area contributed by atoms with Gasteiger partial charge in [0, 0.05) is 43.4 Å². The first kappa shape index (κ1) is 17.0. The van der Waals surface area contributed by atoms with Crippen molar-refractivity contribution in [2.45, 2.75) is 6.42 Å². The van der Waals surface area contributed by atoms with E-state index in [1.54, 1.807) is 36.7 Å². The summed E-state index contributed by atoms with van der Waals surface area (Å²) in [7, 11) is 3.74. The molecule has 1 amide bonds. The molecule has 2 aromatic heterocycles. The quantitative estimate of drug-likeness (QED) is 0.759. The fourth-order valence-corrected chi connectivity index (χ4v) is 3.07. The number of hydrogen-bond donors (Lipinski definition) is 1. The number of carbonyl (C=O) groups excluding carboxylic acids is 1. The molecular formula is C18H17FN4OS. The van der Waals surface area contributed by atoms with Crippen LogP contribution >= 0.6 is 11.3 Å². The first-order chi connectivity index (χ1) is 12.0. The minimum absolute atomic E-state index is 0.229. The molecule has 25 heavy (non-hydrogen) atoms. The summed E-state index contributed by atoms with van der Waals surface area (Å²) in [5.74, 6) is 0.229. The number of carbonyl (C=O) groups is 1. The van der Waals surface area contributed by atoms with Crippen molar-refractivity contribution in [2.24, 2.45) is 0 Å². The number of halogens is 1. The lowest BCUT2D eigenvalue weighted by Gasteiger charge is -2.11. The zero-order chi connectivity index (χ0) is 17.8. The molecule has 0 bridgehead atoms. The maximum absolute atomic E-state index is 12.9. The SMILES string of the molecule is CN(C)c1cc(C(=O)Nc2ncc(Cc3ccc(F)cc3)s2)ccn1. The number of anilines is 2. The van der Waals surface area contributed by atoms with Gasteiger partial charge in [0.15, 0.2) is 5.13 Å². The van der Waals surface area contributed by atoms with Crippen molar-refractivity contribution < 1.29 is 9.18 Å². The van der Waals surface area contributed by atoms with Crippen LogP contribution in [0.2, 0.25) is 0 Å². The molecule has 2 heterocycles. The molecule has 0 saturated carbocycles. The monoisotopic (exact) mass is 356 g/mol. The lowest BCUT2D eigenvalue weighted by atomic mass is 10.1. The molecule has 0 aliphatic heterocycles. The zero-order valence-corrected chi connectivity index (χ0v) is 14.7. The highest BCUT2D eigenvalue weighted by Gasteiger charge is 2.11. The van der Waals surface area contributed by atoms with Gasteiger partial charge in [-0.05, 0) is 29.8 Å². The van der Waals surface area contributed by atoms with Gasteiger partial charge in [0.1, 0.15) is 11.6 Å². The molecule has 1 aromatic carbocycles. The summed E-state index contributed by atoms with van der Waals surface area (Å²) in [5.41, 5.74) is 1.52. The van der Waals surface area contributed by atoms with Gasteiger partial charge in [0.25, 0.3) is 5.91 Å². The molecule has 0 atom stereocenters. The highest BCUT2D eigenvalue weighted by molar-refractivity contribution is 7.15. The van der Waals surface area contributed by atoms with Crippen molar-refractivity contribution in [3.8, 4) is 0 Å². The van der Waals surface area contributed by atoms with Gasteiger partial charge in [-0.3, -0.25) is 10.1 Å². The number of benzene rings is 1. The minimum atomic E-state index is -0.254. The van der Waals surface area contributed by atoms with E-state index < -0.39 is 0 Å². The number of aromatic nitrogens is 2. The van der Waals surface area contributed by atoms with E-state index in [1.165, 1.54) is 23.5 Å². The Kier molecular flexibility index (Phi) is 5.04. The molecule has 0 saturated heterocycles. The van der Waals surface area contributed by atoms with Crippen molar-refractivity contribution in [1.82, 2.24) is 9.97 Å². The number of hydrogen-bond acceptors (Lipinski definition) is 5. The van der Waals surface area contributed by atoms with Crippen molar-refractivity contribution in [1.29, 1.82) is 0 Å². The van der Waals surface area contributed by atoms with Crippen LogP contribution in [-0.4, -0.2) is 30.0 Å². The van der Waals surface area contributed by atoms with Gasteiger partial charge in [-0.2, -0.15) is 0 Å². The Balaban J connectivity index is 1.67. The maximum atomic E-state index is 12.9. The van der Waals surface area contributed by atoms with Crippen LogP contribution in [-0.2, 0) is 6.42 Å². The number of amides is 1. The topological polar surface area (TPSA) is 58.1 Å². The van der Waals surface area contributed by atoms with Gasteiger partial charge in [-0.25, -0.2) is 14.4 Å². The molecule has 1 N–H and O–H groups in total. The highest BCUT2D eigenvalue weighted by Crippen LogP contribution is 2.22. The Morgan fingerprint density at radius 1 is 1.20 bits per heavy atom. The molecule has 5 nitrogen and oxygen atoms in total. The molecule has 0 spiro atoms. The Labute approximate surface area is 149 Å². The lowest BCUT2D eigenvalue weighted by Crippen LogP contribution is -2.15. The van der Waals surface area contributed by atoms with E-state index in [2.05, 4.69) is 15.3 Å². The number of thiazole rings is 1. The van der Waals surface area contributed by atoms with Crippen molar-refractivity contribution in [2.75, 3.05) is 24.3 Å². The van der Waals surface area contributed by atoms with E-state index >= 15 is 0 Å². The van der Waals surface area contributed by atoms with Crippen LogP contribution in [0.4, 0.5) is 15.3 Å². The molecule has 0 fully saturated rings. The fourth-order valence-electron chi connectivity index (χ4n) is 2.22. The van der Waals surface area contributed by atoms with Gasteiger partial charge in [-0.15, -0.1) is 11.3 Å². The molecule has 3 aromatic rings. The largest absolute Gasteiger partial charge is 0.363 e. The third-order valence-electron chi connectivity index (χ3n) is 3.53. The number of pyridine rings is 1. The van der Waals surface area contributed by atoms with Crippen molar-refractivity contribution in [3.63, 3.8) is 0 Å². The van der Waals surface area contributed by atoms with Crippen molar-refractivity contribution in [3.05, 3.63) is 70.6 Å². The second-order valence-electron chi connectivity index (χ2n) is 5.69. The predicted molar refractivity (Wildman–Crippen MR) is 97.8 cm³/mol. The molecule has 0 aliphatic rings. The van der Waals surface area contributed by atoms with Gasteiger partial charge >= 0.3 is 0 Å². The summed E-state index contributed by atoms with van der Waals surface area (Å²) in [6.45, 7) is 0. The molecule has 0 radical (unpaired) electrons. The Morgan fingerprint density at radius 2 is 1.96 bits per heavy atom. The van der Waals surface area contributed by atoms with Crippen LogP contribution in [0.1, 0.15) is 20.8 Å². The van der Waals surface area contributed by atoms with Crippen LogP contribution in [0.3, 0.4) is 0 Å². The van der Waals surface area contributed by atoms with Gasteiger partial charge in [-0.1, -0.05) is 12.1 Å². The smallest absolute Gasteiger partial charge is 0.257 e. The minimum Gasteiger partial charge on any atom is -0.363 e. The van der Waals surface area contributed by atoms with E-state index in [0.717, 1.165) is 10.4 Å². The molecule has 128 valence electrons. The van der Waals surface area contributed by atoms with E-state index in [4.69, 9.17) is 0 Å². The third kappa shape index (κ3) is 4.39. The molecule has 7 heteroatoms. The molecular weight excluding hydrogens is 339 g/mol. The van der Waals surface area contributed by atoms with Crippen LogP contribution in [0, 0.1) is 5.82 Å². The Hall–Kier alpha value is -2.80. The first-order valence-electron chi connectivity index (χ1n) is 7.65. The summed E-state index contributed by atoms with van der Waals surface area (Å²) in [4.78, 5) is 23.6. The normalized spacial score (nSPS) is 10.5. The summed E-state index contributed by atoms with van der Waals surface area (Å²) in [5, 5.41) is 3.33. The Bertz CT molecular complexity index is 877. The summed E-state index contributed by atoms with van der Waals surface area (Å²) >= 11 is 1.40. The van der Waals surface area contributed by atoms with Gasteiger partial charge in [0.05, 0.1) is 0 Å². The zero-order valence-electron chi connectivity index (χ0n) is 13.9. The van der Waals surface area contributed by atoms with Crippen LogP contribution < -0.4 is 10.2 Å². The average molecular weight is 356 g/mol. The fraction of sp³-hybridized carbons (Fsp3) is 0.167. The second kappa shape index (κ2) is 7.40. The highest BCUT2D eigenvalue weighted by atomic mass is 32.1. The van der Waals surface area contributed by atoms with Crippen LogP contribution in [0.5, 0.6) is 0 Å². The average Bonchev–Trinajstić information content (AvgIpc) is 3.04. The number of rotatable bonds is 5. The van der Waals surface area contributed by atoms with E-state index in [-0.39, 0.29) is 11.7 Å². The number of nitrogens with one attached hydrogen (secondary N) is 1. The first-order valence-corrected chi connectivity index (χ1v) is 8.47. The Morgan fingerprint density at radius 3 is 2.68 bits per heavy atom. The third-order valence-corrected chi connectivity index (χ3v) is 4.44. The summed E-state index contributed by atoms with van der Waals surface area (Å²) in [6.07, 6.45) is 3.97. The van der Waals surface area contributed by atoms with E-state index in [0.29, 0.717) is 22.9 Å². The lowest BCUT2D eigenvalue weighted by molar-refractivity contribution is 0.102. The predicted octanol–water partition coefficient (Wildman–Crippen LogP) is 3.59. The van der Waals surface area contributed by atoms with Gasteiger partial charge in [0.2, 0.25) is 0 Å². The van der Waals surface area contributed by atoms with E-state index in [1.807, 2.05) is 19.0 Å². The number of nitrogens with zero attached hydrogens (tertiary/aromatic N) is 3. The standard InChI is InChI=1S/C18H17FN4OS/c1-23(2)16-10-13(7-8-20-16)17(24)22-18-21-11-15(25-18)9-12-3-5-14(19)6-4-12/h3-8,10-11H,9H2,1-2H3,(H,21,22,24). The summed E-state index contributed by atoms with van der Waals surface area (Å²) < 4.78 is 12.9. The van der Waals surface area contributed by atoms with Crippen molar-refractivity contribution >= 4 is 28.2 Å². The summed E-state index contributed by atoms with van der Waals surface area (Å²) in [6, 6.07) is 9.74.